The number of anilines is 2. The van der Waals surface area contributed by atoms with Crippen LogP contribution < -0.4 is 15.5 Å². The average molecular weight is 332 g/mol. The van der Waals surface area contributed by atoms with Crippen LogP contribution in [0.2, 0.25) is 0 Å². The van der Waals surface area contributed by atoms with E-state index in [1.165, 1.54) is 12.8 Å². The molecule has 0 radical (unpaired) electrons. The molecule has 1 aromatic rings. The van der Waals surface area contributed by atoms with Crippen LogP contribution in [0.4, 0.5) is 11.5 Å². The molecule has 6 heteroatoms. The summed E-state index contributed by atoms with van der Waals surface area (Å²) in [7, 11) is 0. The first-order valence-electron chi connectivity index (χ1n) is 8.65. The molecular formula is C18H28N4O2. The lowest BCUT2D eigenvalue weighted by atomic mass is 9.96. The topological polar surface area (TPSA) is 74.3 Å². The summed E-state index contributed by atoms with van der Waals surface area (Å²) < 4.78 is 0. The number of carbonyl (C=O) groups excluding carboxylic acids is 2. The van der Waals surface area contributed by atoms with Gasteiger partial charge in [0.05, 0.1) is 11.9 Å². The van der Waals surface area contributed by atoms with Crippen LogP contribution in [0.5, 0.6) is 0 Å². The Bertz CT molecular complexity index is 557. The minimum atomic E-state index is -0.398. The molecular weight excluding hydrogens is 304 g/mol. The second-order valence-electron chi connectivity index (χ2n) is 7.26. The molecule has 2 amide bonds. The number of carbonyl (C=O) groups is 2. The maximum absolute atomic E-state index is 11.9. The fourth-order valence-electron chi connectivity index (χ4n) is 2.53. The average Bonchev–Trinajstić information content (AvgIpc) is 3.05. The van der Waals surface area contributed by atoms with Crippen LogP contribution in [-0.2, 0) is 9.59 Å². The van der Waals surface area contributed by atoms with Gasteiger partial charge in [0.2, 0.25) is 11.8 Å². The highest BCUT2D eigenvalue weighted by Crippen LogP contribution is 2.19. The van der Waals surface area contributed by atoms with Gasteiger partial charge < -0.3 is 15.5 Å². The Morgan fingerprint density at radius 2 is 1.92 bits per heavy atom. The van der Waals surface area contributed by atoms with Crippen LogP contribution in [0.1, 0.15) is 46.5 Å². The van der Waals surface area contributed by atoms with E-state index in [0.29, 0.717) is 25.1 Å². The molecule has 6 nitrogen and oxygen atoms in total. The van der Waals surface area contributed by atoms with Gasteiger partial charge in [-0.05, 0) is 31.4 Å². The normalized spacial score (nSPS) is 14.5. The largest absolute Gasteiger partial charge is 0.357 e. The number of amides is 2. The lowest BCUT2D eigenvalue weighted by molar-refractivity contribution is -0.128. The number of nitrogens with one attached hydrogen (secondary N) is 2. The van der Waals surface area contributed by atoms with Gasteiger partial charge in [-0.1, -0.05) is 20.8 Å². The first-order chi connectivity index (χ1) is 11.4. The summed E-state index contributed by atoms with van der Waals surface area (Å²) in [5, 5.41) is 5.69. The van der Waals surface area contributed by atoms with Crippen molar-refractivity contribution in [3.05, 3.63) is 18.3 Å². The van der Waals surface area contributed by atoms with E-state index < -0.39 is 5.41 Å². The molecule has 132 valence electrons. The molecule has 24 heavy (non-hydrogen) atoms. The van der Waals surface area contributed by atoms with Crippen molar-refractivity contribution in [2.45, 2.75) is 46.5 Å². The number of pyridine rings is 1. The van der Waals surface area contributed by atoms with Crippen molar-refractivity contribution in [1.82, 2.24) is 10.3 Å². The highest BCUT2D eigenvalue weighted by molar-refractivity contribution is 5.90. The first kappa shape index (κ1) is 18.2. The van der Waals surface area contributed by atoms with Crippen LogP contribution in [0.15, 0.2) is 18.3 Å². The monoisotopic (exact) mass is 332 g/mol. The molecule has 2 N–H and O–H groups in total. The summed E-state index contributed by atoms with van der Waals surface area (Å²) in [6.07, 6.45) is 5.12. The van der Waals surface area contributed by atoms with Gasteiger partial charge in [-0.3, -0.25) is 9.59 Å². The van der Waals surface area contributed by atoms with Crippen LogP contribution in [-0.4, -0.2) is 36.4 Å². The third-order valence-electron chi connectivity index (χ3n) is 4.01. The minimum absolute atomic E-state index is 0.00427. The maximum atomic E-state index is 11.9. The summed E-state index contributed by atoms with van der Waals surface area (Å²) in [5.74, 6) is 0.913. The molecule has 0 unspecified atom stereocenters. The Hall–Kier alpha value is -2.11. The van der Waals surface area contributed by atoms with E-state index in [1.54, 1.807) is 6.20 Å². The van der Waals surface area contributed by atoms with E-state index in [0.717, 1.165) is 18.9 Å². The lowest BCUT2D eigenvalue weighted by Gasteiger charge is -2.17. The Morgan fingerprint density at radius 1 is 1.21 bits per heavy atom. The molecule has 2 rings (SSSR count). The first-order valence-corrected chi connectivity index (χ1v) is 8.65. The summed E-state index contributed by atoms with van der Waals surface area (Å²) in [6.45, 7) is 8.23. The predicted molar refractivity (Wildman–Crippen MR) is 96.0 cm³/mol. The fourth-order valence-corrected chi connectivity index (χ4v) is 2.53. The fraction of sp³-hybridized carbons (Fsp3) is 0.611. The summed E-state index contributed by atoms with van der Waals surface area (Å²) in [6, 6.07) is 3.84. The molecule has 0 aliphatic carbocycles. The molecule has 0 bridgehead atoms. The zero-order valence-corrected chi connectivity index (χ0v) is 14.9. The summed E-state index contributed by atoms with van der Waals surface area (Å²) in [5.41, 5.74) is 0.312. The van der Waals surface area contributed by atoms with Gasteiger partial charge in [0.15, 0.2) is 0 Å². The smallest absolute Gasteiger partial charge is 0.225 e. The zero-order valence-electron chi connectivity index (χ0n) is 14.9. The molecule has 2 heterocycles. The van der Waals surface area contributed by atoms with Crippen LogP contribution in [0.25, 0.3) is 0 Å². The zero-order chi connectivity index (χ0) is 17.6. The third kappa shape index (κ3) is 5.51. The predicted octanol–water partition coefficient (Wildman–Crippen LogP) is 2.56. The molecule has 1 aliphatic heterocycles. The molecule has 1 fully saturated rings. The van der Waals surface area contributed by atoms with Gasteiger partial charge in [-0.15, -0.1) is 0 Å². The van der Waals surface area contributed by atoms with Crippen molar-refractivity contribution < 1.29 is 9.59 Å². The van der Waals surface area contributed by atoms with Crippen molar-refractivity contribution in [1.29, 1.82) is 0 Å². The van der Waals surface area contributed by atoms with Gasteiger partial charge in [-0.25, -0.2) is 4.98 Å². The molecule has 1 aromatic heterocycles. The van der Waals surface area contributed by atoms with Gasteiger partial charge in [0.25, 0.3) is 0 Å². The molecule has 1 saturated heterocycles. The van der Waals surface area contributed by atoms with Gasteiger partial charge >= 0.3 is 0 Å². The van der Waals surface area contributed by atoms with Crippen molar-refractivity contribution in [3.63, 3.8) is 0 Å². The minimum Gasteiger partial charge on any atom is -0.357 e. The Balaban J connectivity index is 1.69. The quantitative estimate of drug-likeness (QED) is 0.785. The van der Waals surface area contributed by atoms with E-state index in [1.807, 2.05) is 32.9 Å². The highest BCUT2D eigenvalue weighted by atomic mass is 16.2. The second-order valence-corrected chi connectivity index (χ2v) is 7.26. The van der Waals surface area contributed by atoms with E-state index >= 15 is 0 Å². The van der Waals surface area contributed by atoms with Crippen molar-refractivity contribution in [3.8, 4) is 0 Å². The molecule has 0 aromatic carbocycles. The van der Waals surface area contributed by atoms with Crippen molar-refractivity contribution >= 4 is 23.3 Å². The van der Waals surface area contributed by atoms with Crippen LogP contribution in [0.3, 0.4) is 0 Å². The molecule has 0 atom stereocenters. The van der Waals surface area contributed by atoms with Crippen LogP contribution >= 0.6 is 0 Å². The number of hydrogen-bond acceptors (Lipinski definition) is 4. The Labute approximate surface area is 144 Å². The van der Waals surface area contributed by atoms with E-state index in [4.69, 9.17) is 0 Å². The standard InChI is InChI=1S/C18H28N4O2/c1-18(2,3)17(24)19-10-6-7-16(23)21-14-8-9-15(20-13-14)22-11-4-5-12-22/h8-9,13H,4-7,10-12H2,1-3H3,(H,19,24)(H,21,23). The molecule has 1 aliphatic rings. The number of hydrogen-bond donors (Lipinski definition) is 2. The Kier molecular flexibility index (Phi) is 6.17. The third-order valence-corrected chi connectivity index (χ3v) is 4.01. The number of rotatable bonds is 6. The number of aromatic nitrogens is 1. The van der Waals surface area contributed by atoms with E-state index in [2.05, 4.69) is 20.5 Å². The van der Waals surface area contributed by atoms with Gasteiger partial charge in [-0.2, -0.15) is 0 Å². The van der Waals surface area contributed by atoms with E-state index in [9.17, 15) is 9.59 Å². The highest BCUT2D eigenvalue weighted by Gasteiger charge is 2.20. The molecule has 0 saturated carbocycles. The second kappa shape index (κ2) is 8.13. The maximum Gasteiger partial charge on any atom is 0.225 e. The number of nitrogens with zero attached hydrogens (tertiary/aromatic N) is 2. The SMILES string of the molecule is CC(C)(C)C(=O)NCCCC(=O)Nc1ccc(N2CCCC2)nc1. The Morgan fingerprint density at radius 3 is 2.50 bits per heavy atom. The van der Waals surface area contributed by atoms with Crippen molar-refractivity contribution in [2.75, 3.05) is 29.9 Å². The van der Waals surface area contributed by atoms with Gasteiger partial charge in [0, 0.05) is 31.5 Å². The lowest BCUT2D eigenvalue weighted by Crippen LogP contribution is -2.35. The van der Waals surface area contributed by atoms with E-state index in [-0.39, 0.29) is 11.8 Å². The van der Waals surface area contributed by atoms with Crippen LogP contribution in [0, 0.1) is 5.41 Å². The van der Waals surface area contributed by atoms with Gasteiger partial charge in [0.1, 0.15) is 5.82 Å². The van der Waals surface area contributed by atoms with Crippen molar-refractivity contribution in [2.24, 2.45) is 5.41 Å². The molecule has 0 spiro atoms. The summed E-state index contributed by atoms with van der Waals surface area (Å²) >= 11 is 0. The summed E-state index contributed by atoms with van der Waals surface area (Å²) in [4.78, 5) is 30.3.